The van der Waals surface area contributed by atoms with E-state index >= 15 is 0 Å². The molecule has 2 heteroatoms. The van der Waals surface area contributed by atoms with Crippen molar-refractivity contribution in [2.24, 2.45) is 0 Å². The molecule has 0 atom stereocenters. The first-order valence-electron chi connectivity index (χ1n) is 3.34. The molecule has 0 unspecified atom stereocenters. The Kier molecular flexibility index (Phi) is 3.18. The van der Waals surface area contributed by atoms with Crippen molar-refractivity contribution in [3.8, 4) is 0 Å². The van der Waals surface area contributed by atoms with Crippen LogP contribution in [-0.2, 0) is 0 Å². The molecule has 0 radical (unpaired) electrons. The molecule has 0 aliphatic rings. The van der Waals surface area contributed by atoms with Gasteiger partial charge >= 0.3 is 0 Å². The molecule has 0 heterocycles. The average molecular weight is 158 g/mol. The average Bonchev–Trinajstić information content (AvgIpc) is 2.01. The minimum atomic E-state index is -2.99. The Labute approximate surface area is 65.9 Å². The van der Waals surface area contributed by atoms with Gasteiger partial charge in [0.1, 0.15) is 0 Å². The van der Waals surface area contributed by atoms with Crippen LogP contribution < -0.4 is 0 Å². The molecule has 0 amide bonds. The second kappa shape index (κ2) is 3.46. The SMILES string of the molecule is C=CC(=C)C(F)(F)C(=C)CC. The zero-order chi connectivity index (χ0) is 9.07. The number of allylic oxidation sites excluding steroid dienone is 3. The van der Waals surface area contributed by atoms with Crippen LogP contribution in [0.5, 0.6) is 0 Å². The van der Waals surface area contributed by atoms with E-state index in [9.17, 15) is 8.78 Å². The van der Waals surface area contributed by atoms with Gasteiger partial charge in [0.25, 0.3) is 5.92 Å². The molecule has 0 rings (SSSR count). The molecule has 11 heavy (non-hydrogen) atoms. The van der Waals surface area contributed by atoms with Crippen LogP contribution in [0, 0.1) is 0 Å². The Morgan fingerprint density at radius 1 is 1.45 bits per heavy atom. The number of alkyl halides is 2. The fourth-order valence-corrected chi connectivity index (χ4v) is 0.577. The molecule has 0 fully saturated rings. The Bertz CT molecular complexity index is 190. The first kappa shape index (κ1) is 10.1. The third-order valence-electron chi connectivity index (χ3n) is 1.52. The van der Waals surface area contributed by atoms with Crippen LogP contribution >= 0.6 is 0 Å². The highest BCUT2D eigenvalue weighted by atomic mass is 19.3. The maximum absolute atomic E-state index is 12.9. The van der Waals surface area contributed by atoms with E-state index in [0.29, 0.717) is 0 Å². The van der Waals surface area contributed by atoms with Crippen LogP contribution in [0.4, 0.5) is 8.78 Å². The minimum Gasteiger partial charge on any atom is -0.196 e. The molecule has 0 saturated heterocycles. The van der Waals surface area contributed by atoms with Crippen LogP contribution in [0.25, 0.3) is 0 Å². The van der Waals surface area contributed by atoms with Crippen molar-refractivity contribution in [2.75, 3.05) is 0 Å². The lowest BCUT2D eigenvalue weighted by molar-refractivity contribution is 0.0850. The van der Waals surface area contributed by atoms with Crippen LogP contribution in [0.1, 0.15) is 13.3 Å². The van der Waals surface area contributed by atoms with Crippen molar-refractivity contribution >= 4 is 0 Å². The van der Waals surface area contributed by atoms with Gasteiger partial charge in [0.15, 0.2) is 0 Å². The van der Waals surface area contributed by atoms with Crippen molar-refractivity contribution in [3.05, 3.63) is 37.0 Å². The molecule has 0 aliphatic carbocycles. The summed E-state index contributed by atoms with van der Waals surface area (Å²) in [4.78, 5) is 0. The Morgan fingerprint density at radius 3 is 2.18 bits per heavy atom. The lowest BCUT2D eigenvalue weighted by Crippen LogP contribution is -2.19. The summed E-state index contributed by atoms with van der Waals surface area (Å²) < 4.78 is 25.9. The van der Waals surface area contributed by atoms with Crippen LogP contribution in [0.2, 0.25) is 0 Å². The third-order valence-corrected chi connectivity index (χ3v) is 1.52. The first-order chi connectivity index (χ1) is 4.96. The van der Waals surface area contributed by atoms with E-state index in [2.05, 4.69) is 19.7 Å². The molecular formula is C9H12F2. The molecule has 0 N–H and O–H groups in total. The second-order valence-corrected chi connectivity index (χ2v) is 2.26. The summed E-state index contributed by atoms with van der Waals surface area (Å²) in [6.45, 7) is 11.3. The van der Waals surface area contributed by atoms with Gasteiger partial charge in [-0.05, 0) is 12.0 Å². The summed E-state index contributed by atoms with van der Waals surface area (Å²) in [5.41, 5.74) is -0.410. The van der Waals surface area contributed by atoms with Crippen molar-refractivity contribution in [3.63, 3.8) is 0 Å². The van der Waals surface area contributed by atoms with Gasteiger partial charge < -0.3 is 0 Å². The van der Waals surface area contributed by atoms with E-state index < -0.39 is 5.92 Å². The summed E-state index contributed by atoms with van der Waals surface area (Å²) in [6, 6.07) is 0. The fraction of sp³-hybridized carbons (Fsp3) is 0.333. The zero-order valence-corrected chi connectivity index (χ0v) is 6.66. The Balaban J connectivity index is 4.57. The molecule has 0 saturated carbocycles. The quantitative estimate of drug-likeness (QED) is 0.435. The Morgan fingerprint density at radius 2 is 1.91 bits per heavy atom. The van der Waals surface area contributed by atoms with Gasteiger partial charge in [0.2, 0.25) is 0 Å². The van der Waals surface area contributed by atoms with Crippen LogP contribution in [0.15, 0.2) is 37.0 Å². The van der Waals surface area contributed by atoms with E-state index in [-0.39, 0.29) is 17.6 Å². The van der Waals surface area contributed by atoms with Gasteiger partial charge in [-0.25, -0.2) is 0 Å². The van der Waals surface area contributed by atoms with E-state index in [1.165, 1.54) is 0 Å². The summed E-state index contributed by atoms with van der Waals surface area (Å²) in [7, 11) is 0. The molecule has 0 aliphatic heterocycles. The van der Waals surface area contributed by atoms with Crippen molar-refractivity contribution < 1.29 is 8.78 Å². The monoisotopic (exact) mass is 158 g/mol. The standard InChI is InChI=1S/C9H12F2/c1-5-7(3)9(10,11)8(4)6-2/h5H,1,3-4,6H2,2H3. The predicted molar refractivity (Wildman–Crippen MR) is 43.7 cm³/mol. The van der Waals surface area contributed by atoms with Crippen LogP contribution in [0.3, 0.4) is 0 Å². The van der Waals surface area contributed by atoms with Crippen molar-refractivity contribution in [2.45, 2.75) is 19.3 Å². The van der Waals surface area contributed by atoms with Gasteiger partial charge in [-0.1, -0.05) is 32.7 Å². The highest BCUT2D eigenvalue weighted by Crippen LogP contribution is 2.32. The zero-order valence-electron chi connectivity index (χ0n) is 6.66. The highest BCUT2D eigenvalue weighted by Gasteiger charge is 2.33. The molecule has 0 nitrogen and oxygen atoms in total. The summed E-state index contributed by atoms with van der Waals surface area (Å²) in [5.74, 6) is -2.99. The molecule has 0 bridgehead atoms. The van der Waals surface area contributed by atoms with Gasteiger partial charge in [-0.2, -0.15) is 8.78 Å². The van der Waals surface area contributed by atoms with Gasteiger partial charge in [-0.3, -0.25) is 0 Å². The lowest BCUT2D eigenvalue weighted by atomic mass is 10.0. The number of hydrogen-bond acceptors (Lipinski definition) is 0. The maximum atomic E-state index is 12.9. The molecular weight excluding hydrogens is 146 g/mol. The number of halogens is 2. The number of rotatable bonds is 4. The van der Waals surface area contributed by atoms with Crippen molar-refractivity contribution in [1.29, 1.82) is 0 Å². The van der Waals surface area contributed by atoms with E-state index in [1.54, 1.807) is 6.92 Å². The summed E-state index contributed by atoms with van der Waals surface area (Å²) in [6.07, 6.45) is 1.31. The minimum absolute atomic E-state index is 0.123. The number of hydrogen-bond donors (Lipinski definition) is 0. The van der Waals surface area contributed by atoms with Crippen molar-refractivity contribution in [1.82, 2.24) is 0 Å². The molecule has 62 valence electrons. The summed E-state index contributed by atoms with van der Waals surface area (Å²) >= 11 is 0. The second-order valence-electron chi connectivity index (χ2n) is 2.26. The summed E-state index contributed by atoms with van der Waals surface area (Å²) in [5, 5.41) is 0. The third kappa shape index (κ3) is 2.00. The largest absolute Gasteiger partial charge is 0.293 e. The normalized spacial score (nSPS) is 10.8. The van der Waals surface area contributed by atoms with Gasteiger partial charge in [-0.15, -0.1) is 0 Å². The topological polar surface area (TPSA) is 0 Å². The first-order valence-corrected chi connectivity index (χ1v) is 3.34. The Hall–Kier alpha value is -0.920. The highest BCUT2D eigenvalue weighted by molar-refractivity contribution is 5.31. The fourth-order valence-electron chi connectivity index (χ4n) is 0.577. The lowest BCUT2D eigenvalue weighted by Gasteiger charge is -2.17. The van der Waals surface area contributed by atoms with Gasteiger partial charge in [0, 0.05) is 5.57 Å². The molecule has 0 aromatic heterocycles. The maximum Gasteiger partial charge on any atom is 0.293 e. The molecule has 0 aromatic carbocycles. The molecule has 0 spiro atoms. The van der Waals surface area contributed by atoms with E-state index in [0.717, 1.165) is 6.08 Å². The van der Waals surface area contributed by atoms with E-state index in [1.807, 2.05) is 0 Å². The van der Waals surface area contributed by atoms with Gasteiger partial charge in [0.05, 0.1) is 0 Å². The van der Waals surface area contributed by atoms with Crippen LogP contribution in [-0.4, -0.2) is 5.92 Å². The van der Waals surface area contributed by atoms with E-state index in [4.69, 9.17) is 0 Å². The molecule has 0 aromatic rings. The predicted octanol–water partition coefficient (Wildman–Crippen LogP) is 3.33. The smallest absolute Gasteiger partial charge is 0.196 e.